The zero-order chi connectivity index (χ0) is 43.2. The predicted molar refractivity (Wildman–Crippen MR) is 227 cm³/mol. The van der Waals surface area contributed by atoms with E-state index in [1.54, 1.807) is 6.08 Å². The zero-order valence-electron chi connectivity index (χ0n) is 35.0. The third-order valence-electron chi connectivity index (χ3n) is 8.48. The first kappa shape index (κ1) is 55.8. The first-order valence-electron chi connectivity index (χ1n) is 21.1. The van der Waals surface area contributed by atoms with Gasteiger partial charge in [-0.2, -0.15) is 0 Å². The van der Waals surface area contributed by atoms with Gasteiger partial charge >= 0.3 is 27.6 Å². The lowest BCUT2D eigenvalue weighted by molar-refractivity contribution is -0.161. The molecule has 0 saturated heterocycles. The average Bonchev–Trinajstić information content (AvgIpc) is 3.17. The molecule has 0 radical (unpaired) electrons. The van der Waals surface area contributed by atoms with Crippen LogP contribution in [0.2, 0.25) is 0 Å². The van der Waals surface area contributed by atoms with Crippen LogP contribution in [0, 0.1) is 0 Å². The maximum Gasteiger partial charge on any atom is 0.472 e. The van der Waals surface area contributed by atoms with Gasteiger partial charge in [-0.25, -0.2) is 9.13 Å². The number of carbonyl (C=O) groups excluding carboxylic acids is 2. The third-order valence-corrected chi connectivity index (χ3v) is 9.92. The van der Waals surface area contributed by atoms with Crippen LogP contribution in [0.3, 0.4) is 0 Å². The molecule has 0 aliphatic rings. The minimum Gasteiger partial charge on any atom is -0.462 e. The second kappa shape index (κ2) is 37.8. The molecule has 0 amide bonds. The summed E-state index contributed by atoms with van der Waals surface area (Å²) in [6.45, 7) is 1.46. The summed E-state index contributed by atoms with van der Waals surface area (Å²) in [6.07, 6.45) is 35.2. The standard InChI is InChI=1S/C42H74O14P2/c1-3-5-7-9-11-12-13-14-15-16-17-18-20-24-28-32-41(45)52-36-40(37-55-58(50,51)54-35-39(44)34-53-57(47,48)49)56-42(46)33-29-25-21-23-27-31-38(43)30-26-22-19-10-8-6-4-2/h6,8,11-12,14-15,19,22,26,30,38-40,43-44H,3-5,7,9-10,13,16-18,20-21,23-25,27-29,31-37H2,1-2H3,(H,50,51)(H2,47,48,49)/b8-6+,12-11-,15-14-,22-19+,30-26+/t38?,39-,40+/m0/s1. The van der Waals surface area contributed by atoms with Crippen LogP contribution >= 0.6 is 15.6 Å². The number of carbonyl (C=O) groups is 2. The van der Waals surface area contributed by atoms with Crippen LogP contribution in [0.5, 0.6) is 0 Å². The van der Waals surface area contributed by atoms with Crippen molar-refractivity contribution < 1.29 is 66.7 Å². The van der Waals surface area contributed by atoms with Crippen molar-refractivity contribution in [3.8, 4) is 0 Å². The van der Waals surface area contributed by atoms with Crippen LogP contribution < -0.4 is 0 Å². The Labute approximate surface area is 347 Å². The van der Waals surface area contributed by atoms with Gasteiger partial charge in [0.15, 0.2) is 6.10 Å². The number of allylic oxidation sites excluding steroid dienone is 9. The molecule has 58 heavy (non-hydrogen) atoms. The SMILES string of the molecule is CC/C=C/C/C=C/C=C/C(O)CCCCCCCC(=O)O[C@H](COC(=O)CCCCCCC/C=C\C/C=C\CCCCC)COP(=O)(O)OC[C@@H](O)COP(=O)(O)O. The molecule has 0 spiro atoms. The topological polar surface area (TPSA) is 216 Å². The van der Waals surface area contributed by atoms with Gasteiger partial charge in [0.1, 0.15) is 12.7 Å². The molecule has 0 aromatic rings. The Hall–Kier alpha value is -2.22. The van der Waals surface area contributed by atoms with Crippen molar-refractivity contribution in [3.63, 3.8) is 0 Å². The van der Waals surface area contributed by atoms with Crippen molar-refractivity contribution in [3.05, 3.63) is 60.8 Å². The molecule has 0 heterocycles. The minimum atomic E-state index is -4.88. The van der Waals surface area contributed by atoms with Gasteiger partial charge in [-0.15, -0.1) is 0 Å². The van der Waals surface area contributed by atoms with Crippen LogP contribution in [0.1, 0.15) is 149 Å². The molecule has 0 fully saturated rings. The number of hydrogen-bond donors (Lipinski definition) is 5. The Balaban J connectivity index is 4.66. The van der Waals surface area contributed by atoms with Gasteiger partial charge in [-0.1, -0.05) is 132 Å². The highest BCUT2D eigenvalue weighted by Crippen LogP contribution is 2.43. The Morgan fingerprint density at radius 1 is 0.586 bits per heavy atom. The highest BCUT2D eigenvalue weighted by Gasteiger charge is 2.28. The molecule has 16 heteroatoms. The molecule has 0 aliphatic heterocycles. The Morgan fingerprint density at radius 3 is 1.79 bits per heavy atom. The molecule has 0 bridgehead atoms. The van der Waals surface area contributed by atoms with E-state index in [9.17, 15) is 33.8 Å². The number of aliphatic hydroxyl groups excluding tert-OH is 2. The normalized spacial score (nSPS) is 15.2. The fourth-order valence-corrected chi connectivity index (χ4v) is 6.42. The maximum absolute atomic E-state index is 12.6. The summed E-state index contributed by atoms with van der Waals surface area (Å²) in [4.78, 5) is 52.6. The molecule has 0 rings (SSSR count). The van der Waals surface area contributed by atoms with Crippen LogP contribution in [0.4, 0.5) is 0 Å². The van der Waals surface area contributed by atoms with Crippen LogP contribution in [0.15, 0.2) is 60.8 Å². The van der Waals surface area contributed by atoms with E-state index in [-0.39, 0.29) is 12.8 Å². The molecule has 0 aromatic carbocycles. The Bertz CT molecular complexity index is 1280. The van der Waals surface area contributed by atoms with Crippen LogP contribution in [-0.4, -0.2) is 81.6 Å². The van der Waals surface area contributed by atoms with E-state index >= 15 is 0 Å². The van der Waals surface area contributed by atoms with E-state index in [0.717, 1.165) is 83.5 Å². The molecule has 0 saturated carbocycles. The zero-order valence-corrected chi connectivity index (χ0v) is 36.8. The Kier molecular flexibility index (Phi) is 36.3. The van der Waals surface area contributed by atoms with Gasteiger partial charge < -0.3 is 34.4 Å². The molecule has 0 aliphatic carbocycles. The molecular formula is C42H74O14P2. The molecule has 5 N–H and O–H groups in total. The van der Waals surface area contributed by atoms with E-state index in [1.807, 2.05) is 18.2 Å². The summed E-state index contributed by atoms with van der Waals surface area (Å²) in [5.41, 5.74) is 0. The molecule has 4 atom stereocenters. The highest BCUT2D eigenvalue weighted by atomic mass is 31.2. The van der Waals surface area contributed by atoms with Gasteiger partial charge in [0.2, 0.25) is 0 Å². The first-order chi connectivity index (χ1) is 27.8. The maximum atomic E-state index is 12.6. The van der Waals surface area contributed by atoms with Crippen molar-refractivity contribution in [2.75, 3.05) is 26.4 Å². The number of phosphoric ester groups is 2. The largest absolute Gasteiger partial charge is 0.472 e. The molecule has 2 unspecified atom stereocenters. The highest BCUT2D eigenvalue weighted by molar-refractivity contribution is 7.47. The van der Waals surface area contributed by atoms with E-state index < -0.39 is 72.3 Å². The number of esters is 2. The second-order valence-electron chi connectivity index (χ2n) is 14.1. The van der Waals surface area contributed by atoms with E-state index in [0.29, 0.717) is 19.3 Å². The lowest BCUT2D eigenvalue weighted by Gasteiger charge is -2.20. The number of unbranched alkanes of at least 4 members (excludes halogenated alkanes) is 12. The van der Waals surface area contributed by atoms with Crippen molar-refractivity contribution in [2.45, 2.75) is 167 Å². The van der Waals surface area contributed by atoms with Crippen molar-refractivity contribution in [2.24, 2.45) is 0 Å². The molecule has 14 nitrogen and oxygen atoms in total. The van der Waals surface area contributed by atoms with Gasteiger partial charge in [-0.3, -0.25) is 23.2 Å². The smallest absolute Gasteiger partial charge is 0.462 e. The molecule has 336 valence electrons. The van der Waals surface area contributed by atoms with Crippen LogP contribution in [-0.2, 0) is 41.8 Å². The summed E-state index contributed by atoms with van der Waals surface area (Å²) in [5.74, 6) is -1.13. The number of ether oxygens (including phenoxy) is 2. The number of phosphoric acid groups is 2. The van der Waals surface area contributed by atoms with Gasteiger partial charge in [0.25, 0.3) is 0 Å². The van der Waals surface area contributed by atoms with Crippen LogP contribution in [0.25, 0.3) is 0 Å². The average molecular weight is 865 g/mol. The predicted octanol–water partition coefficient (Wildman–Crippen LogP) is 9.42. The quantitative estimate of drug-likeness (QED) is 0.0128. The summed E-state index contributed by atoms with van der Waals surface area (Å²) in [7, 11) is -9.71. The monoisotopic (exact) mass is 864 g/mol. The lowest BCUT2D eigenvalue weighted by Crippen LogP contribution is -2.30. The molecular weight excluding hydrogens is 790 g/mol. The van der Waals surface area contributed by atoms with Crippen molar-refractivity contribution in [1.29, 1.82) is 0 Å². The number of hydrogen-bond acceptors (Lipinski definition) is 11. The summed E-state index contributed by atoms with van der Waals surface area (Å²) in [5, 5.41) is 19.9. The fourth-order valence-electron chi connectivity index (χ4n) is 5.27. The van der Waals surface area contributed by atoms with Gasteiger partial charge in [0.05, 0.1) is 25.9 Å². The van der Waals surface area contributed by atoms with Gasteiger partial charge in [0, 0.05) is 12.8 Å². The minimum absolute atomic E-state index is 0.0562. The summed E-state index contributed by atoms with van der Waals surface area (Å²) in [6, 6.07) is 0. The first-order valence-corrected chi connectivity index (χ1v) is 24.1. The molecule has 0 aromatic heterocycles. The van der Waals surface area contributed by atoms with E-state index in [1.165, 1.54) is 19.3 Å². The Morgan fingerprint density at radius 2 is 1.14 bits per heavy atom. The van der Waals surface area contributed by atoms with Crippen molar-refractivity contribution >= 4 is 27.6 Å². The number of rotatable bonds is 39. The summed E-state index contributed by atoms with van der Waals surface area (Å²) >= 11 is 0. The lowest BCUT2D eigenvalue weighted by atomic mass is 10.1. The third kappa shape index (κ3) is 40.6. The van der Waals surface area contributed by atoms with Gasteiger partial charge in [-0.05, 0) is 64.2 Å². The van der Waals surface area contributed by atoms with E-state index in [2.05, 4.69) is 59.4 Å². The van der Waals surface area contributed by atoms with E-state index in [4.69, 9.17) is 23.8 Å². The fraction of sp³-hybridized carbons (Fsp3) is 0.714. The summed E-state index contributed by atoms with van der Waals surface area (Å²) < 4.78 is 47.6. The second-order valence-corrected chi connectivity index (χ2v) is 16.8. The number of aliphatic hydroxyl groups is 2. The van der Waals surface area contributed by atoms with Crippen molar-refractivity contribution in [1.82, 2.24) is 0 Å².